The second-order valence-electron chi connectivity index (χ2n) is 6.92. The highest BCUT2D eigenvalue weighted by Crippen LogP contribution is 2.27. The molecule has 1 N–H and O–H groups in total. The minimum absolute atomic E-state index is 0.233. The Labute approximate surface area is 195 Å². The molecule has 0 unspecified atom stereocenters. The molecule has 4 rings (SSSR count). The van der Waals surface area contributed by atoms with Gasteiger partial charge in [0.2, 0.25) is 15.9 Å². The van der Waals surface area contributed by atoms with Crippen LogP contribution in [0.5, 0.6) is 0 Å². The zero-order chi connectivity index (χ0) is 22.6. The summed E-state index contributed by atoms with van der Waals surface area (Å²) in [6, 6.07) is 13.8. The van der Waals surface area contributed by atoms with Crippen LogP contribution in [0.1, 0.15) is 5.56 Å². The molecule has 166 valence electrons. The molecule has 3 aromatic rings. The van der Waals surface area contributed by atoms with Crippen molar-refractivity contribution in [1.29, 1.82) is 0 Å². The van der Waals surface area contributed by atoms with E-state index in [9.17, 15) is 13.2 Å². The first-order valence-corrected chi connectivity index (χ1v) is 12.5. The van der Waals surface area contributed by atoms with Crippen LogP contribution >= 0.6 is 22.9 Å². The number of hydrogen-bond acceptors (Lipinski definition) is 6. The van der Waals surface area contributed by atoms with E-state index >= 15 is 0 Å². The van der Waals surface area contributed by atoms with Gasteiger partial charge >= 0.3 is 0 Å². The van der Waals surface area contributed by atoms with E-state index in [4.69, 9.17) is 16.3 Å². The van der Waals surface area contributed by atoms with E-state index in [1.54, 1.807) is 41.8 Å². The van der Waals surface area contributed by atoms with Gasteiger partial charge in [-0.1, -0.05) is 41.9 Å². The monoisotopic (exact) mass is 489 g/mol. The predicted octanol–water partition coefficient (Wildman–Crippen LogP) is 4.14. The quantitative estimate of drug-likeness (QED) is 0.526. The lowest BCUT2D eigenvalue weighted by molar-refractivity contribution is -0.111. The van der Waals surface area contributed by atoms with Crippen molar-refractivity contribution in [2.24, 2.45) is 0 Å². The minimum Gasteiger partial charge on any atom is -0.379 e. The van der Waals surface area contributed by atoms with E-state index in [0.717, 1.165) is 11.1 Å². The van der Waals surface area contributed by atoms with Gasteiger partial charge in [0.15, 0.2) is 5.13 Å². The van der Waals surface area contributed by atoms with Crippen LogP contribution in [0.4, 0.5) is 5.13 Å². The molecule has 1 aliphatic rings. The van der Waals surface area contributed by atoms with Crippen molar-refractivity contribution >= 4 is 50.1 Å². The standard InChI is InChI=1S/C22H20ClN3O4S2/c23-19-4-2-1-3-16(19)7-10-21(27)25-22-24-20(15-31-22)17-5-8-18(9-6-17)32(28,29)26-11-13-30-14-12-26/h1-10,15H,11-14H2,(H,24,25,27)/b10-7+. The number of benzene rings is 2. The number of rotatable bonds is 6. The molecule has 1 fully saturated rings. The SMILES string of the molecule is O=C(/C=C/c1ccccc1Cl)Nc1nc(-c2ccc(S(=O)(=O)N3CCOCC3)cc2)cs1. The van der Waals surface area contributed by atoms with Crippen LogP contribution in [-0.4, -0.2) is 49.9 Å². The summed E-state index contributed by atoms with van der Waals surface area (Å²) < 4.78 is 32.1. The Morgan fingerprint density at radius 1 is 1.12 bits per heavy atom. The number of aromatic nitrogens is 1. The second-order valence-corrected chi connectivity index (χ2v) is 10.1. The Kier molecular flexibility index (Phi) is 7.02. The van der Waals surface area contributed by atoms with Gasteiger partial charge in [-0.3, -0.25) is 10.1 Å². The van der Waals surface area contributed by atoms with E-state index < -0.39 is 10.0 Å². The van der Waals surface area contributed by atoms with Crippen LogP contribution in [0.25, 0.3) is 17.3 Å². The molecular formula is C22H20ClN3O4S2. The summed E-state index contributed by atoms with van der Waals surface area (Å²) in [5.74, 6) is -0.322. The van der Waals surface area contributed by atoms with Gasteiger partial charge in [0.25, 0.3) is 0 Å². The first-order valence-electron chi connectivity index (χ1n) is 9.81. The third-order valence-corrected chi connectivity index (χ3v) is 7.83. The van der Waals surface area contributed by atoms with E-state index in [1.807, 2.05) is 18.2 Å². The Bertz CT molecular complexity index is 1230. The molecule has 0 radical (unpaired) electrons. The lowest BCUT2D eigenvalue weighted by Gasteiger charge is -2.26. The van der Waals surface area contributed by atoms with E-state index in [-0.39, 0.29) is 10.8 Å². The Balaban J connectivity index is 1.42. The fourth-order valence-electron chi connectivity index (χ4n) is 3.12. The van der Waals surface area contributed by atoms with Gasteiger partial charge in [-0.2, -0.15) is 4.31 Å². The number of anilines is 1. The van der Waals surface area contributed by atoms with Gasteiger partial charge < -0.3 is 4.74 Å². The zero-order valence-corrected chi connectivity index (χ0v) is 19.3. The van der Waals surface area contributed by atoms with Crippen LogP contribution in [0, 0.1) is 0 Å². The van der Waals surface area contributed by atoms with Crippen molar-refractivity contribution < 1.29 is 17.9 Å². The smallest absolute Gasteiger partial charge is 0.250 e. The van der Waals surface area contributed by atoms with Crippen molar-refractivity contribution in [2.45, 2.75) is 4.90 Å². The van der Waals surface area contributed by atoms with Crippen LogP contribution in [0.2, 0.25) is 5.02 Å². The number of amides is 1. The number of halogens is 1. The van der Waals surface area contributed by atoms with Gasteiger partial charge in [0.1, 0.15) is 0 Å². The number of thiazole rings is 1. The van der Waals surface area contributed by atoms with Crippen LogP contribution in [-0.2, 0) is 19.6 Å². The highest BCUT2D eigenvalue weighted by Gasteiger charge is 2.26. The summed E-state index contributed by atoms with van der Waals surface area (Å²) in [6.45, 7) is 1.50. The fraction of sp³-hybridized carbons (Fsp3) is 0.182. The predicted molar refractivity (Wildman–Crippen MR) is 126 cm³/mol. The van der Waals surface area contributed by atoms with Gasteiger partial charge in [0, 0.05) is 35.1 Å². The summed E-state index contributed by atoms with van der Waals surface area (Å²) in [4.78, 5) is 16.9. The van der Waals surface area contributed by atoms with Crippen molar-refractivity contribution in [2.75, 3.05) is 31.6 Å². The normalized spacial score (nSPS) is 15.2. The summed E-state index contributed by atoms with van der Waals surface area (Å²) in [7, 11) is -3.54. The molecule has 0 atom stereocenters. The Morgan fingerprint density at radius 2 is 1.84 bits per heavy atom. The molecule has 7 nitrogen and oxygen atoms in total. The molecule has 32 heavy (non-hydrogen) atoms. The number of nitrogens with zero attached hydrogens (tertiary/aromatic N) is 2. The number of carbonyl (C=O) groups is 1. The number of hydrogen-bond donors (Lipinski definition) is 1. The summed E-state index contributed by atoms with van der Waals surface area (Å²) in [5, 5.41) is 5.53. The van der Waals surface area contributed by atoms with E-state index in [1.165, 1.54) is 21.7 Å². The molecule has 1 saturated heterocycles. The third-order valence-electron chi connectivity index (χ3n) is 4.81. The van der Waals surface area contributed by atoms with Gasteiger partial charge in [0.05, 0.1) is 23.8 Å². The summed E-state index contributed by atoms with van der Waals surface area (Å²) in [6.07, 6.45) is 3.04. The molecular weight excluding hydrogens is 470 g/mol. The molecule has 1 aliphatic heterocycles. The number of ether oxygens (including phenoxy) is 1. The van der Waals surface area contributed by atoms with Gasteiger partial charge in [-0.15, -0.1) is 11.3 Å². The highest BCUT2D eigenvalue weighted by molar-refractivity contribution is 7.89. The second kappa shape index (κ2) is 9.93. The molecule has 1 aromatic heterocycles. The third kappa shape index (κ3) is 5.25. The molecule has 2 heterocycles. The molecule has 0 spiro atoms. The first kappa shape index (κ1) is 22.6. The van der Waals surface area contributed by atoms with Gasteiger partial charge in [-0.05, 0) is 29.8 Å². The van der Waals surface area contributed by atoms with E-state index in [2.05, 4.69) is 10.3 Å². The maximum Gasteiger partial charge on any atom is 0.250 e. The maximum atomic E-state index is 12.7. The van der Waals surface area contributed by atoms with Crippen molar-refractivity contribution in [1.82, 2.24) is 9.29 Å². The average molecular weight is 490 g/mol. The number of morpholine rings is 1. The molecule has 10 heteroatoms. The highest BCUT2D eigenvalue weighted by atomic mass is 35.5. The van der Waals surface area contributed by atoms with Crippen LogP contribution < -0.4 is 5.32 Å². The van der Waals surface area contributed by atoms with Crippen molar-refractivity contribution in [3.05, 3.63) is 70.6 Å². The topological polar surface area (TPSA) is 88.6 Å². The molecule has 0 saturated carbocycles. The van der Waals surface area contributed by atoms with Gasteiger partial charge in [-0.25, -0.2) is 13.4 Å². The number of sulfonamides is 1. The first-order chi connectivity index (χ1) is 15.4. The fourth-order valence-corrected chi connectivity index (χ4v) is 5.45. The lowest BCUT2D eigenvalue weighted by atomic mass is 10.2. The van der Waals surface area contributed by atoms with Crippen LogP contribution in [0.3, 0.4) is 0 Å². The zero-order valence-electron chi connectivity index (χ0n) is 16.9. The maximum absolute atomic E-state index is 12.7. The molecule has 0 bridgehead atoms. The molecule has 0 aliphatic carbocycles. The van der Waals surface area contributed by atoms with E-state index in [0.29, 0.717) is 42.2 Å². The number of nitrogens with one attached hydrogen (secondary N) is 1. The Morgan fingerprint density at radius 3 is 2.56 bits per heavy atom. The van der Waals surface area contributed by atoms with Crippen molar-refractivity contribution in [3.8, 4) is 11.3 Å². The summed E-state index contributed by atoms with van der Waals surface area (Å²) >= 11 is 7.37. The minimum atomic E-state index is -3.54. The summed E-state index contributed by atoms with van der Waals surface area (Å²) in [5.41, 5.74) is 2.15. The lowest BCUT2D eigenvalue weighted by Crippen LogP contribution is -2.40. The molecule has 2 aromatic carbocycles. The Hall–Kier alpha value is -2.56. The average Bonchev–Trinajstić information content (AvgIpc) is 3.27. The van der Waals surface area contributed by atoms with Crippen LogP contribution in [0.15, 0.2) is 64.9 Å². The van der Waals surface area contributed by atoms with Crippen molar-refractivity contribution in [3.63, 3.8) is 0 Å². The largest absolute Gasteiger partial charge is 0.379 e. The number of carbonyl (C=O) groups excluding carboxylic acids is 1. The molecule has 1 amide bonds.